The van der Waals surface area contributed by atoms with Crippen LogP contribution >= 0.6 is 11.6 Å². The molecule has 1 N–H and O–H groups in total. The highest BCUT2D eigenvalue weighted by Gasteiger charge is 2.30. The average molecular weight is 570 g/mol. The summed E-state index contributed by atoms with van der Waals surface area (Å²) in [6.45, 7) is 2.85. The molecule has 0 saturated carbocycles. The van der Waals surface area contributed by atoms with Crippen LogP contribution in [0.15, 0.2) is 84.9 Å². The Morgan fingerprint density at radius 2 is 1.51 bits per heavy atom. The Morgan fingerprint density at radius 1 is 0.897 bits per heavy atom. The molecule has 0 aliphatic carbocycles. The van der Waals surface area contributed by atoms with Gasteiger partial charge in [0.15, 0.2) is 0 Å². The smallest absolute Gasteiger partial charge is 0.243 e. The monoisotopic (exact) mass is 569 g/mol. The SMILES string of the molecule is CCCNC(=O)[C@H](Cc1ccccc1)N(Cc1ccc(Cl)cc1)C(=O)CCCN(c1ccccc1)S(C)(=O)=O. The molecule has 1 atom stereocenters. The Bertz CT molecular complexity index is 1300. The van der Waals surface area contributed by atoms with Crippen molar-refractivity contribution in [2.45, 2.75) is 45.2 Å². The van der Waals surface area contributed by atoms with E-state index in [9.17, 15) is 18.0 Å². The molecule has 0 fully saturated rings. The number of nitrogens with zero attached hydrogens (tertiary/aromatic N) is 2. The zero-order valence-corrected chi connectivity index (χ0v) is 24.0. The van der Waals surface area contributed by atoms with Gasteiger partial charge in [0.2, 0.25) is 21.8 Å². The van der Waals surface area contributed by atoms with Gasteiger partial charge in [0.1, 0.15) is 6.04 Å². The van der Waals surface area contributed by atoms with Gasteiger partial charge in [-0.15, -0.1) is 0 Å². The summed E-state index contributed by atoms with van der Waals surface area (Å²) in [7, 11) is -3.54. The number of benzene rings is 3. The summed E-state index contributed by atoms with van der Waals surface area (Å²) in [4.78, 5) is 28.7. The van der Waals surface area contributed by atoms with Crippen molar-refractivity contribution in [3.8, 4) is 0 Å². The molecule has 0 aliphatic heterocycles. The van der Waals surface area contributed by atoms with Gasteiger partial charge < -0.3 is 10.2 Å². The summed E-state index contributed by atoms with van der Waals surface area (Å²) in [5.74, 6) is -0.441. The van der Waals surface area contributed by atoms with Crippen molar-refractivity contribution in [1.29, 1.82) is 0 Å². The lowest BCUT2D eigenvalue weighted by Crippen LogP contribution is -2.50. The molecule has 0 saturated heterocycles. The summed E-state index contributed by atoms with van der Waals surface area (Å²) < 4.78 is 26.3. The summed E-state index contributed by atoms with van der Waals surface area (Å²) in [6.07, 6.45) is 2.67. The maximum Gasteiger partial charge on any atom is 0.243 e. The molecule has 0 radical (unpaired) electrons. The van der Waals surface area contributed by atoms with Crippen LogP contribution in [0, 0.1) is 0 Å². The molecule has 0 heterocycles. The van der Waals surface area contributed by atoms with Crippen molar-refractivity contribution >= 4 is 39.1 Å². The van der Waals surface area contributed by atoms with Crippen molar-refractivity contribution < 1.29 is 18.0 Å². The minimum absolute atomic E-state index is 0.0821. The predicted molar refractivity (Wildman–Crippen MR) is 157 cm³/mol. The van der Waals surface area contributed by atoms with E-state index in [-0.39, 0.29) is 31.3 Å². The second kappa shape index (κ2) is 14.7. The van der Waals surface area contributed by atoms with Crippen LogP contribution in [0.4, 0.5) is 5.69 Å². The molecule has 39 heavy (non-hydrogen) atoms. The molecule has 3 aromatic rings. The first kappa shape index (κ1) is 30.2. The number of hydrogen-bond donors (Lipinski definition) is 1. The number of rotatable bonds is 14. The molecule has 3 rings (SSSR count). The Morgan fingerprint density at radius 3 is 2.10 bits per heavy atom. The fraction of sp³-hybridized carbons (Fsp3) is 0.333. The van der Waals surface area contributed by atoms with Crippen LogP contribution < -0.4 is 9.62 Å². The molecule has 7 nitrogen and oxygen atoms in total. The molecular weight excluding hydrogens is 534 g/mol. The molecule has 2 amide bonds. The van der Waals surface area contributed by atoms with Gasteiger partial charge in [-0.3, -0.25) is 13.9 Å². The number of carbonyl (C=O) groups is 2. The largest absolute Gasteiger partial charge is 0.354 e. The van der Waals surface area contributed by atoms with Gasteiger partial charge in [-0.1, -0.05) is 79.2 Å². The van der Waals surface area contributed by atoms with E-state index >= 15 is 0 Å². The van der Waals surface area contributed by atoms with Crippen LogP contribution in [-0.2, 0) is 32.6 Å². The molecule has 0 aromatic heterocycles. The highest BCUT2D eigenvalue weighted by molar-refractivity contribution is 7.92. The number of hydrogen-bond acceptors (Lipinski definition) is 4. The molecular formula is C30H36ClN3O4S. The van der Waals surface area contributed by atoms with E-state index in [1.165, 1.54) is 4.31 Å². The van der Waals surface area contributed by atoms with Crippen molar-refractivity contribution in [1.82, 2.24) is 10.2 Å². The number of para-hydroxylation sites is 1. The normalized spacial score (nSPS) is 12.0. The Labute approximate surface area is 236 Å². The van der Waals surface area contributed by atoms with Gasteiger partial charge >= 0.3 is 0 Å². The Kier molecular flexibility index (Phi) is 11.4. The van der Waals surface area contributed by atoms with Crippen molar-refractivity contribution in [3.63, 3.8) is 0 Å². The number of nitrogens with one attached hydrogen (secondary N) is 1. The van der Waals surface area contributed by atoms with Crippen LogP contribution in [-0.4, -0.2) is 50.5 Å². The van der Waals surface area contributed by atoms with Gasteiger partial charge in [0.05, 0.1) is 11.9 Å². The standard InChI is InChI=1S/C30H36ClN3O4S/c1-3-20-32-30(36)28(22-24-11-6-4-7-12-24)33(23-25-16-18-26(31)19-17-25)29(35)15-10-21-34(39(2,37)38)27-13-8-5-9-14-27/h4-9,11-14,16-19,28H,3,10,15,20-23H2,1-2H3,(H,32,36)/t28-/m0/s1. The average Bonchev–Trinajstić information content (AvgIpc) is 2.93. The summed E-state index contributed by atoms with van der Waals surface area (Å²) in [5, 5.41) is 3.54. The molecule has 9 heteroatoms. The molecule has 3 aromatic carbocycles. The second-order valence-electron chi connectivity index (χ2n) is 9.42. The fourth-order valence-corrected chi connectivity index (χ4v) is 5.40. The fourth-order valence-electron chi connectivity index (χ4n) is 4.30. The van der Waals surface area contributed by atoms with Gasteiger partial charge in [0, 0.05) is 37.5 Å². The topological polar surface area (TPSA) is 86.8 Å². The van der Waals surface area contributed by atoms with E-state index in [0.717, 1.165) is 23.8 Å². The zero-order valence-electron chi connectivity index (χ0n) is 22.4. The van der Waals surface area contributed by atoms with Crippen molar-refractivity contribution in [3.05, 3.63) is 101 Å². The summed E-state index contributed by atoms with van der Waals surface area (Å²) in [5.41, 5.74) is 2.33. The van der Waals surface area contributed by atoms with E-state index in [1.807, 2.05) is 55.5 Å². The maximum atomic E-state index is 13.7. The first-order valence-electron chi connectivity index (χ1n) is 13.1. The Hall–Kier alpha value is -3.36. The third kappa shape index (κ3) is 9.41. The number of halogens is 1. The zero-order chi connectivity index (χ0) is 28.3. The van der Waals surface area contributed by atoms with E-state index in [0.29, 0.717) is 30.1 Å². The van der Waals surface area contributed by atoms with Crippen molar-refractivity contribution in [2.75, 3.05) is 23.7 Å². The lowest BCUT2D eigenvalue weighted by molar-refractivity contribution is -0.141. The third-order valence-electron chi connectivity index (χ3n) is 6.28. The predicted octanol–water partition coefficient (Wildman–Crippen LogP) is 5.05. The van der Waals surface area contributed by atoms with Crippen LogP contribution in [0.3, 0.4) is 0 Å². The van der Waals surface area contributed by atoms with Crippen molar-refractivity contribution in [2.24, 2.45) is 0 Å². The lowest BCUT2D eigenvalue weighted by atomic mass is 10.0. The van der Waals surface area contributed by atoms with Gasteiger partial charge in [-0.25, -0.2) is 8.42 Å². The highest BCUT2D eigenvalue weighted by atomic mass is 35.5. The minimum Gasteiger partial charge on any atom is -0.354 e. The number of anilines is 1. The number of carbonyl (C=O) groups excluding carboxylic acids is 2. The quantitative estimate of drug-likeness (QED) is 0.294. The van der Waals surface area contributed by atoms with Crippen LogP contribution in [0.5, 0.6) is 0 Å². The first-order valence-corrected chi connectivity index (χ1v) is 15.3. The summed E-state index contributed by atoms with van der Waals surface area (Å²) >= 11 is 6.08. The van der Waals surface area contributed by atoms with Crippen LogP contribution in [0.2, 0.25) is 5.02 Å². The highest BCUT2D eigenvalue weighted by Crippen LogP contribution is 2.20. The van der Waals surface area contributed by atoms with Crippen LogP contribution in [0.25, 0.3) is 0 Å². The van der Waals surface area contributed by atoms with E-state index in [2.05, 4.69) is 5.32 Å². The van der Waals surface area contributed by atoms with E-state index < -0.39 is 16.1 Å². The molecule has 208 valence electrons. The maximum absolute atomic E-state index is 13.7. The van der Waals surface area contributed by atoms with E-state index in [4.69, 9.17) is 11.6 Å². The minimum atomic E-state index is -3.54. The Balaban J connectivity index is 1.85. The first-order chi connectivity index (χ1) is 18.7. The van der Waals surface area contributed by atoms with Gasteiger partial charge in [-0.05, 0) is 48.2 Å². The van der Waals surface area contributed by atoms with Gasteiger partial charge in [0.25, 0.3) is 0 Å². The third-order valence-corrected chi connectivity index (χ3v) is 7.73. The molecule has 0 spiro atoms. The lowest BCUT2D eigenvalue weighted by Gasteiger charge is -2.32. The molecule has 0 aliphatic rings. The number of sulfonamides is 1. The number of amides is 2. The molecule has 0 bridgehead atoms. The van der Waals surface area contributed by atoms with Gasteiger partial charge in [-0.2, -0.15) is 0 Å². The van der Waals surface area contributed by atoms with Crippen LogP contribution in [0.1, 0.15) is 37.3 Å². The van der Waals surface area contributed by atoms with E-state index in [1.54, 1.807) is 41.3 Å². The summed E-state index contributed by atoms with van der Waals surface area (Å²) in [6, 6.07) is 24.9. The molecule has 0 unspecified atom stereocenters. The second-order valence-corrected chi connectivity index (χ2v) is 11.8.